The molecule has 1 aliphatic heterocycles. The Kier molecular flexibility index (Phi) is 3.32. The SMILES string of the molecule is CC1=CC(C)(C)OC2=C1C(=Cc1ccccc1)CC=C2F. The molecular formula is C19H19FO. The molecule has 0 saturated carbocycles. The Labute approximate surface area is 125 Å². The van der Waals surface area contributed by atoms with Gasteiger partial charge in [-0.15, -0.1) is 0 Å². The van der Waals surface area contributed by atoms with Gasteiger partial charge < -0.3 is 4.74 Å². The Morgan fingerprint density at radius 1 is 1.19 bits per heavy atom. The van der Waals surface area contributed by atoms with Crippen molar-refractivity contribution in [2.75, 3.05) is 0 Å². The van der Waals surface area contributed by atoms with Crippen LogP contribution in [0.1, 0.15) is 32.8 Å². The summed E-state index contributed by atoms with van der Waals surface area (Å²) in [5, 5.41) is 0. The zero-order chi connectivity index (χ0) is 15.0. The topological polar surface area (TPSA) is 9.23 Å². The minimum atomic E-state index is -0.469. The Hall–Kier alpha value is -2.09. The molecule has 0 spiro atoms. The molecule has 0 radical (unpaired) electrons. The lowest BCUT2D eigenvalue weighted by Gasteiger charge is -2.34. The first-order valence-electron chi connectivity index (χ1n) is 7.21. The van der Waals surface area contributed by atoms with Crippen LogP contribution in [0.5, 0.6) is 0 Å². The fourth-order valence-corrected chi connectivity index (χ4v) is 2.96. The second-order valence-electron chi connectivity index (χ2n) is 6.07. The van der Waals surface area contributed by atoms with E-state index in [0.717, 1.165) is 22.3 Å². The van der Waals surface area contributed by atoms with E-state index in [1.807, 2.05) is 39.0 Å². The number of halogens is 1. The number of benzene rings is 1. The van der Waals surface area contributed by atoms with E-state index in [0.29, 0.717) is 12.2 Å². The van der Waals surface area contributed by atoms with Gasteiger partial charge >= 0.3 is 0 Å². The van der Waals surface area contributed by atoms with Crippen LogP contribution in [0.3, 0.4) is 0 Å². The molecule has 0 atom stereocenters. The molecule has 1 heterocycles. The van der Waals surface area contributed by atoms with Gasteiger partial charge in [-0.1, -0.05) is 36.4 Å². The second-order valence-corrected chi connectivity index (χ2v) is 6.07. The lowest BCUT2D eigenvalue weighted by Crippen LogP contribution is -2.27. The largest absolute Gasteiger partial charge is 0.480 e. The smallest absolute Gasteiger partial charge is 0.163 e. The van der Waals surface area contributed by atoms with E-state index in [-0.39, 0.29) is 5.83 Å². The van der Waals surface area contributed by atoms with Gasteiger partial charge in [-0.25, -0.2) is 4.39 Å². The molecular weight excluding hydrogens is 263 g/mol. The average Bonchev–Trinajstić information content (AvgIpc) is 2.42. The zero-order valence-electron chi connectivity index (χ0n) is 12.6. The summed E-state index contributed by atoms with van der Waals surface area (Å²) in [5.41, 5.74) is 3.72. The third-order valence-electron chi connectivity index (χ3n) is 3.73. The van der Waals surface area contributed by atoms with Gasteiger partial charge in [-0.2, -0.15) is 0 Å². The molecule has 0 N–H and O–H groups in total. The molecule has 1 aliphatic carbocycles. The minimum Gasteiger partial charge on any atom is -0.480 e. The molecule has 0 saturated heterocycles. The summed E-state index contributed by atoms with van der Waals surface area (Å²) in [6.45, 7) is 5.92. The van der Waals surface area contributed by atoms with E-state index < -0.39 is 5.60 Å². The van der Waals surface area contributed by atoms with E-state index in [1.165, 1.54) is 0 Å². The number of hydrogen-bond donors (Lipinski definition) is 0. The van der Waals surface area contributed by atoms with Crippen molar-refractivity contribution in [1.82, 2.24) is 0 Å². The highest BCUT2D eigenvalue weighted by Gasteiger charge is 2.32. The van der Waals surface area contributed by atoms with Crippen LogP contribution < -0.4 is 0 Å². The van der Waals surface area contributed by atoms with Gasteiger partial charge in [0.1, 0.15) is 5.60 Å². The Balaban J connectivity index is 2.09. The van der Waals surface area contributed by atoms with Gasteiger partial charge in [0, 0.05) is 5.57 Å². The molecule has 0 bridgehead atoms. The fraction of sp³-hybridized carbons (Fsp3) is 0.263. The lowest BCUT2D eigenvalue weighted by molar-refractivity contribution is 0.0706. The molecule has 0 fully saturated rings. The summed E-state index contributed by atoms with van der Waals surface area (Å²) in [6.07, 6.45) is 6.36. The molecule has 0 unspecified atom stereocenters. The summed E-state index contributed by atoms with van der Waals surface area (Å²) in [6, 6.07) is 10.1. The van der Waals surface area contributed by atoms with Crippen LogP contribution in [-0.2, 0) is 4.74 Å². The van der Waals surface area contributed by atoms with Gasteiger partial charge in [0.25, 0.3) is 0 Å². The van der Waals surface area contributed by atoms with Crippen molar-refractivity contribution in [1.29, 1.82) is 0 Å². The first kappa shape index (κ1) is 13.9. The number of ether oxygens (including phenoxy) is 1. The van der Waals surface area contributed by atoms with Gasteiger partial charge in [0.2, 0.25) is 0 Å². The van der Waals surface area contributed by atoms with Crippen LogP contribution in [0, 0.1) is 0 Å². The molecule has 108 valence electrons. The van der Waals surface area contributed by atoms with E-state index in [4.69, 9.17) is 4.74 Å². The van der Waals surface area contributed by atoms with Crippen molar-refractivity contribution in [3.05, 3.63) is 76.4 Å². The highest BCUT2D eigenvalue weighted by Crippen LogP contribution is 2.42. The van der Waals surface area contributed by atoms with Gasteiger partial charge in [0.15, 0.2) is 11.6 Å². The van der Waals surface area contributed by atoms with Crippen LogP contribution in [-0.4, -0.2) is 5.60 Å². The number of allylic oxidation sites excluding steroid dienone is 5. The van der Waals surface area contributed by atoms with E-state index >= 15 is 0 Å². The molecule has 1 nitrogen and oxygen atoms in total. The summed E-state index contributed by atoms with van der Waals surface area (Å²) < 4.78 is 20.0. The van der Waals surface area contributed by atoms with E-state index in [1.54, 1.807) is 6.08 Å². The maximum Gasteiger partial charge on any atom is 0.163 e. The van der Waals surface area contributed by atoms with Crippen LogP contribution in [0.15, 0.2) is 70.8 Å². The van der Waals surface area contributed by atoms with Crippen molar-refractivity contribution < 1.29 is 9.13 Å². The minimum absolute atomic E-state index is 0.254. The third-order valence-corrected chi connectivity index (χ3v) is 3.73. The van der Waals surface area contributed by atoms with Crippen LogP contribution in [0.25, 0.3) is 6.08 Å². The molecule has 1 aromatic rings. The highest BCUT2D eigenvalue weighted by molar-refractivity contribution is 5.67. The molecule has 0 aromatic heterocycles. The third kappa shape index (κ3) is 2.71. The lowest BCUT2D eigenvalue weighted by atomic mass is 9.85. The highest BCUT2D eigenvalue weighted by atomic mass is 19.1. The standard InChI is InChI=1S/C19H19FO/c1-13-12-19(2,3)21-18-16(20)10-9-15(17(13)18)11-14-7-5-4-6-8-14/h4-8,10-12H,9H2,1-3H3. The predicted molar refractivity (Wildman–Crippen MR) is 84.2 cm³/mol. The first-order valence-corrected chi connectivity index (χ1v) is 7.21. The summed E-state index contributed by atoms with van der Waals surface area (Å²) in [5.74, 6) is 0.129. The summed E-state index contributed by atoms with van der Waals surface area (Å²) >= 11 is 0. The average molecular weight is 282 g/mol. The molecule has 0 amide bonds. The number of hydrogen-bond acceptors (Lipinski definition) is 1. The Morgan fingerprint density at radius 2 is 1.90 bits per heavy atom. The van der Waals surface area contributed by atoms with Crippen LogP contribution in [0.2, 0.25) is 0 Å². The van der Waals surface area contributed by atoms with Crippen LogP contribution >= 0.6 is 0 Å². The molecule has 1 aromatic carbocycles. The monoisotopic (exact) mass is 282 g/mol. The molecule has 2 heteroatoms. The van der Waals surface area contributed by atoms with Gasteiger partial charge in [-0.3, -0.25) is 0 Å². The summed E-state index contributed by atoms with van der Waals surface area (Å²) in [4.78, 5) is 0. The fourth-order valence-electron chi connectivity index (χ4n) is 2.96. The quantitative estimate of drug-likeness (QED) is 0.676. The van der Waals surface area contributed by atoms with Crippen LogP contribution in [0.4, 0.5) is 4.39 Å². The molecule has 3 rings (SSSR count). The van der Waals surface area contributed by atoms with Crippen molar-refractivity contribution in [3.63, 3.8) is 0 Å². The Morgan fingerprint density at radius 3 is 2.62 bits per heavy atom. The maximum atomic E-state index is 14.2. The molecule has 2 aliphatic rings. The summed E-state index contributed by atoms with van der Waals surface area (Å²) in [7, 11) is 0. The normalized spacial score (nSPS) is 22.4. The molecule has 21 heavy (non-hydrogen) atoms. The Bertz CT molecular complexity index is 688. The maximum absolute atomic E-state index is 14.2. The van der Waals surface area contributed by atoms with E-state index in [9.17, 15) is 4.39 Å². The van der Waals surface area contributed by atoms with Gasteiger partial charge in [-0.05, 0) is 56.1 Å². The van der Waals surface area contributed by atoms with Crippen molar-refractivity contribution in [2.45, 2.75) is 32.8 Å². The second kappa shape index (κ2) is 5.03. The predicted octanol–water partition coefficient (Wildman–Crippen LogP) is 5.34. The zero-order valence-corrected chi connectivity index (χ0v) is 12.6. The number of rotatable bonds is 1. The van der Waals surface area contributed by atoms with Crippen molar-refractivity contribution in [3.8, 4) is 0 Å². The van der Waals surface area contributed by atoms with Crippen molar-refractivity contribution in [2.24, 2.45) is 0 Å². The van der Waals surface area contributed by atoms with Gasteiger partial charge in [0.05, 0.1) is 0 Å². The van der Waals surface area contributed by atoms with E-state index in [2.05, 4.69) is 24.3 Å². The first-order chi connectivity index (χ1) is 9.96. The van der Waals surface area contributed by atoms with Crippen molar-refractivity contribution >= 4 is 6.08 Å².